The van der Waals surface area contributed by atoms with Gasteiger partial charge in [-0.15, -0.1) is 5.10 Å². The second kappa shape index (κ2) is 7.01. The van der Waals surface area contributed by atoms with Crippen molar-refractivity contribution >= 4 is 0 Å². The summed E-state index contributed by atoms with van der Waals surface area (Å²) in [5, 5.41) is 11.6. The molecule has 2 heterocycles. The van der Waals surface area contributed by atoms with Crippen molar-refractivity contribution in [2.45, 2.75) is 19.1 Å². The third-order valence-electron chi connectivity index (χ3n) is 3.35. The summed E-state index contributed by atoms with van der Waals surface area (Å²) in [6.07, 6.45) is -2.35. The summed E-state index contributed by atoms with van der Waals surface area (Å²) in [6.45, 7) is 0.600. The highest BCUT2D eigenvalue weighted by Crippen LogP contribution is 2.29. The quantitative estimate of drug-likeness (QED) is 0.678. The van der Waals surface area contributed by atoms with Crippen LogP contribution in [0.15, 0.2) is 35.0 Å². The first-order valence-corrected chi connectivity index (χ1v) is 7.34. The molecule has 0 unspecified atom stereocenters. The van der Waals surface area contributed by atoms with E-state index in [1.807, 2.05) is 0 Å². The Morgan fingerprint density at radius 2 is 2.12 bits per heavy atom. The molecular formula is C15H14F3N5O2. The van der Waals surface area contributed by atoms with E-state index in [0.717, 1.165) is 12.1 Å². The van der Waals surface area contributed by atoms with E-state index in [4.69, 9.17) is 9.26 Å². The maximum Gasteiger partial charge on any atom is 0.416 e. The number of nitrogens with zero attached hydrogens (tertiary/aromatic N) is 5. The lowest BCUT2D eigenvalue weighted by atomic mass is 10.1. The van der Waals surface area contributed by atoms with Crippen molar-refractivity contribution in [2.24, 2.45) is 0 Å². The molecule has 0 radical (unpaired) electrons. The molecule has 7 nitrogen and oxygen atoms in total. The number of aromatic nitrogens is 5. The summed E-state index contributed by atoms with van der Waals surface area (Å²) in [5.74, 6) is 0.672. The Bertz CT molecular complexity index is 844. The van der Waals surface area contributed by atoms with E-state index < -0.39 is 11.7 Å². The van der Waals surface area contributed by atoms with Crippen molar-refractivity contribution in [3.63, 3.8) is 0 Å². The summed E-state index contributed by atoms with van der Waals surface area (Å²) >= 11 is 0. The molecule has 0 fully saturated rings. The largest absolute Gasteiger partial charge is 0.416 e. The Morgan fingerprint density at radius 3 is 2.88 bits per heavy atom. The average Bonchev–Trinajstić information content (AvgIpc) is 3.21. The monoisotopic (exact) mass is 353 g/mol. The van der Waals surface area contributed by atoms with Crippen LogP contribution in [0.1, 0.15) is 17.0 Å². The molecule has 132 valence electrons. The Balaban J connectivity index is 1.73. The Morgan fingerprint density at radius 1 is 1.28 bits per heavy atom. The van der Waals surface area contributed by atoms with Gasteiger partial charge in [0.2, 0.25) is 0 Å². The fraction of sp³-hybridized carbons (Fsp3) is 0.333. The third kappa shape index (κ3) is 4.21. The van der Waals surface area contributed by atoms with Crippen molar-refractivity contribution in [3.05, 3.63) is 47.4 Å². The topological polar surface area (TPSA) is 78.9 Å². The van der Waals surface area contributed by atoms with Gasteiger partial charge >= 0.3 is 6.18 Å². The van der Waals surface area contributed by atoms with E-state index in [2.05, 4.69) is 20.5 Å². The predicted molar refractivity (Wildman–Crippen MR) is 79.4 cm³/mol. The van der Waals surface area contributed by atoms with Gasteiger partial charge in [-0.25, -0.2) is 4.68 Å². The number of halogens is 3. The van der Waals surface area contributed by atoms with Crippen LogP contribution >= 0.6 is 0 Å². The lowest BCUT2D eigenvalue weighted by Gasteiger charge is -2.08. The van der Waals surface area contributed by atoms with Crippen molar-refractivity contribution in [1.29, 1.82) is 0 Å². The molecule has 0 saturated carbocycles. The van der Waals surface area contributed by atoms with E-state index in [0.29, 0.717) is 30.1 Å². The smallest absolute Gasteiger partial charge is 0.384 e. The van der Waals surface area contributed by atoms with Crippen LogP contribution in [-0.2, 0) is 23.9 Å². The first-order valence-electron chi connectivity index (χ1n) is 7.34. The van der Waals surface area contributed by atoms with Crippen LogP contribution in [0.4, 0.5) is 13.2 Å². The molecule has 0 aliphatic carbocycles. The Kier molecular flexibility index (Phi) is 4.79. The zero-order valence-corrected chi connectivity index (χ0v) is 13.2. The fourth-order valence-corrected chi connectivity index (χ4v) is 2.16. The van der Waals surface area contributed by atoms with Crippen LogP contribution in [0.25, 0.3) is 11.6 Å². The Hall–Kier alpha value is -2.75. The summed E-state index contributed by atoms with van der Waals surface area (Å²) in [4.78, 5) is 4.16. The molecule has 3 rings (SSSR count). The minimum atomic E-state index is -4.38. The zero-order chi connectivity index (χ0) is 17.9. The molecule has 0 spiro atoms. The molecule has 0 aliphatic heterocycles. The van der Waals surface area contributed by atoms with Crippen LogP contribution in [0.5, 0.6) is 0 Å². The zero-order valence-electron chi connectivity index (χ0n) is 13.2. The highest BCUT2D eigenvalue weighted by molar-refractivity contribution is 5.43. The minimum absolute atomic E-state index is 0.140. The van der Waals surface area contributed by atoms with Crippen molar-refractivity contribution < 1.29 is 22.4 Å². The lowest BCUT2D eigenvalue weighted by Crippen LogP contribution is -2.07. The molecule has 0 amide bonds. The highest BCUT2D eigenvalue weighted by Gasteiger charge is 2.30. The van der Waals surface area contributed by atoms with Gasteiger partial charge in [-0.2, -0.15) is 18.2 Å². The second-order valence-electron chi connectivity index (χ2n) is 5.26. The first kappa shape index (κ1) is 17.1. The fourth-order valence-electron chi connectivity index (χ4n) is 2.16. The molecule has 0 atom stereocenters. The molecule has 1 aromatic carbocycles. The standard InChI is InChI=1S/C15H14F3N5O2/c1-24-6-5-13-19-14(25-21-13)12-9-23(22-20-12)8-10-3-2-4-11(7-10)15(16,17)18/h2-4,7,9H,5-6,8H2,1H3. The van der Waals surface area contributed by atoms with E-state index >= 15 is 0 Å². The average molecular weight is 353 g/mol. The predicted octanol–water partition coefficient (Wildman–Crippen LogP) is 2.58. The number of hydrogen-bond donors (Lipinski definition) is 0. The summed E-state index contributed by atoms with van der Waals surface area (Å²) in [5.41, 5.74) is 0.103. The molecule has 3 aromatic rings. The molecule has 0 N–H and O–H groups in total. The van der Waals surface area contributed by atoms with E-state index in [1.165, 1.54) is 16.9 Å². The molecule has 25 heavy (non-hydrogen) atoms. The van der Waals surface area contributed by atoms with Crippen molar-refractivity contribution in [1.82, 2.24) is 25.1 Å². The van der Waals surface area contributed by atoms with Gasteiger partial charge in [-0.1, -0.05) is 22.5 Å². The minimum Gasteiger partial charge on any atom is -0.384 e. The van der Waals surface area contributed by atoms with E-state index in [9.17, 15) is 13.2 Å². The SMILES string of the molecule is COCCc1noc(-c2cn(Cc3cccc(C(F)(F)F)c3)nn2)n1. The van der Waals surface area contributed by atoms with Crippen LogP contribution in [0.2, 0.25) is 0 Å². The number of alkyl halides is 3. The van der Waals surface area contributed by atoms with Crippen LogP contribution in [0, 0.1) is 0 Å². The van der Waals surface area contributed by atoms with Crippen molar-refractivity contribution in [2.75, 3.05) is 13.7 Å². The van der Waals surface area contributed by atoms with Gasteiger partial charge < -0.3 is 9.26 Å². The number of rotatable bonds is 6. The van der Waals surface area contributed by atoms with Crippen LogP contribution in [0.3, 0.4) is 0 Å². The Labute approximate surface area is 140 Å². The second-order valence-corrected chi connectivity index (χ2v) is 5.26. The maximum absolute atomic E-state index is 12.8. The molecular weight excluding hydrogens is 339 g/mol. The molecule has 10 heteroatoms. The highest BCUT2D eigenvalue weighted by atomic mass is 19.4. The van der Waals surface area contributed by atoms with Gasteiger partial charge in [0.25, 0.3) is 5.89 Å². The molecule has 2 aromatic heterocycles. The van der Waals surface area contributed by atoms with Gasteiger partial charge in [0, 0.05) is 13.5 Å². The summed E-state index contributed by atoms with van der Waals surface area (Å²) in [6, 6.07) is 5.05. The van der Waals surface area contributed by atoms with Crippen molar-refractivity contribution in [3.8, 4) is 11.6 Å². The van der Waals surface area contributed by atoms with E-state index in [1.54, 1.807) is 13.2 Å². The van der Waals surface area contributed by atoms with Crippen LogP contribution in [-0.4, -0.2) is 38.9 Å². The first-order chi connectivity index (χ1) is 12.0. The maximum atomic E-state index is 12.8. The summed E-state index contributed by atoms with van der Waals surface area (Å²) in [7, 11) is 1.57. The molecule has 0 bridgehead atoms. The lowest BCUT2D eigenvalue weighted by molar-refractivity contribution is -0.137. The van der Waals surface area contributed by atoms with Gasteiger partial charge in [-0.3, -0.25) is 0 Å². The van der Waals surface area contributed by atoms with Gasteiger partial charge in [0.05, 0.1) is 24.9 Å². The number of ether oxygens (including phenoxy) is 1. The third-order valence-corrected chi connectivity index (χ3v) is 3.35. The molecule has 0 aliphatic rings. The number of benzene rings is 1. The number of hydrogen-bond acceptors (Lipinski definition) is 6. The normalized spacial score (nSPS) is 11.8. The number of methoxy groups -OCH3 is 1. The van der Waals surface area contributed by atoms with Crippen LogP contribution < -0.4 is 0 Å². The van der Waals surface area contributed by atoms with Gasteiger partial charge in [0.1, 0.15) is 0 Å². The van der Waals surface area contributed by atoms with Gasteiger partial charge in [0.15, 0.2) is 11.5 Å². The molecule has 0 saturated heterocycles. The van der Waals surface area contributed by atoms with E-state index in [-0.39, 0.29) is 12.4 Å². The summed E-state index contributed by atoms with van der Waals surface area (Å²) < 4.78 is 49.7. The van der Waals surface area contributed by atoms with Gasteiger partial charge in [-0.05, 0) is 17.7 Å².